The number of H-pyrrole nitrogens is 1. The van der Waals surface area contributed by atoms with Gasteiger partial charge in [-0.2, -0.15) is 0 Å². The number of aromatic amines is 1. The smallest absolute Gasteiger partial charge is 0.270 e. The van der Waals surface area contributed by atoms with Crippen LogP contribution in [-0.2, 0) is 0 Å². The van der Waals surface area contributed by atoms with Crippen LogP contribution in [0.3, 0.4) is 0 Å². The summed E-state index contributed by atoms with van der Waals surface area (Å²) in [6.45, 7) is 1.13. The summed E-state index contributed by atoms with van der Waals surface area (Å²) in [6.07, 6.45) is 1.05. The maximum Gasteiger partial charge on any atom is 0.270 e. The predicted molar refractivity (Wildman–Crippen MR) is 60.6 cm³/mol. The van der Waals surface area contributed by atoms with E-state index in [1.54, 1.807) is 19.3 Å². The Hall–Kier alpha value is -1.04. The van der Waals surface area contributed by atoms with E-state index in [2.05, 4.69) is 10.3 Å². The number of carbonyl (C=O) groups is 1. The Morgan fingerprint density at radius 2 is 2.38 bits per heavy atom. The van der Waals surface area contributed by atoms with E-state index in [1.807, 2.05) is 0 Å². The Morgan fingerprint density at radius 3 is 2.88 bits per heavy atom. The highest BCUT2D eigenvalue weighted by molar-refractivity contribution is 6.30. The van der Waals surface area contributed by atoms with Crippen LogP contribution in [0, 0.1) is 0 Å². The average molecular weight is 244 g/mol. The molecule has 1 aliphatic heterocycles. The number of hydrogen-bond donors (Lipinski definition) is 3. The third-order valence-corrected chi connectivity index (χ3v) is 3.07. The third-order valence-electron chi connectivity index (χ3n) is 2.85. The monoisotopic (exact) mass is 243 g/mol. The second-order valence-corrected chi connectivity index (χ2v) is 4.38. The van der Waals surface area contributed by atoms with E-state index >= 15 is 0 Å². The molecule has 1 aromatic heterocycles. The van der Waals surface area contributed by atoms with Crippen molar-refractivity contribution in [3.8, 4) is 0 Å². The molecule has 1 aliphatic rings. The summed E-state index contributed by atoms with van der Waals surface area (Å²) in [4.78, 5) is 16.3. The van der Waals surface area contributed by atoms with Crippen LogP contribution in [0.25, 0.3) is 0 Å². The van der Waals surface area contributed by atoms with Crippen LogP contribution in [0.4, 0.5) is 0 Å². The van der Waals surface area contributed by atoms with Crippen molar-refractivity contribution < 1.29 is 9.90 Å². The number of aromatic nitrogens is 1. The lowest BCUT2D eigenvalue weighted by Gasteiger charge is -2.25. The fourth-order valence-corrected chi connectivity index (χ4v) is 2.04. The van der Waals surface area contributed by atoms with Gasteiger partial charge in [0.2, 0.25) is 0 Å². The molecule has 0 saturated carbocycles. The minimum Gasteiger partial charge on any atom is -0.390 e. The molecule has 0 spiro atoms. The number of likely N-dealkylation sites (N-methyl/N-ethyl adjacent to an activating group) is 1. The molecule has 1 saturated heterocycles. The van der Waals surface area contributed by atoms with Crippen molar-refractivity contribution in [3.05, 3.63) is 23.0 Å². The molecular formula is C10H14ClN3O2. The topological polar surface area (TPSA) is 68.4 Å². The maximum absolute atomic E-state index is 12.0. The molecule has 2 heterocycles. The summed E-state index contributed by atoms with van der Waals surface area (Å²) in [7, 11) is 1.68. The largest absolute Gasteiger partial charge is 0.390 e. The van der Waals surface area contributed by atoms with Gasteiger partial charge in [-0.05, 0) is 6.07 Å². The van der Waals surface area contributed by atoms with E-state index in [1.165, 1.54) is 4.90 Å². The van der Waals surface area contributed by atoms with Gasteiger partial charge >= 0.3 is 0 Å². The highest BCUT2D eigenvalue weighted by atomic mass is 35.5. The van der Waals surface area contributed by atoms with Crippen LogP contribution in [-0.4, -0.2) is 53.2 Å². The van der Waals surface area contributed by atoms with Crippen molar-refractivity contribution >= 4 is 17.5 Å². The van der Waals surface area contributed by atoms with Gasteiger partial charge in [-0.3, -0.25) is 4.79 Å². The second kappa shape index (κ2) is 4.45. The van der Waals surface area contributed by atoms with Crippen LogP contribution >= 0.6 is 11.6 Å². The molecule has 0 aliphatic carbocycles. The van der Waals surface area contributed by atoms with E-state index in [-0.39, 0.29) is 11.9 Å². The average Bonchev–Trinajstić information content (AvgIpc) is 2.85. The number of nitrogens with one attached hydrogen (secondary N) is 2. The van der Waals surface area contributed by atoms with Crippen molar-refractivity contribution in [2.45, 2.75) is 12.1 Å². The number of aliphatic hydroxyl groups excluding tert-OH is 1. The standard InChI is InChI=1S/C10H14ClN3O2/c1-14(8-4-12-5-9(8)15)10(16)7-2-6(11)3-13-7/h2-3,8-9,12-13,15H,4-5H2,1H3/t8-,9-/m0/s1. The van der Waals surface area contributed by atoms with Crippen LogP contribution in [0.15, 0.2) is 12.3 Å². The number of nitrogens with zero attached hydrogens (tertiary/aromatic N) is 1. The van der Waals surface area contributed by atoms with E-state index in [4.69, 9.17) is 11.6 Å². The fourth-order valence-electron chi connectivity index (χ4n) is 1.88. The first-order valence-corrected chi connectivity index (χ1v) is 5.47. The summed E-state index contributed by atoms with van der Waals surface area (Å²) < 4.78 is 0. The Bertz CT molecular complexity index is 393. The molecule has 2 atom stereocenters. The van der Waals surface area contributed by atoms with Gasteiger partial charge in [-0.15, -0.1) is 0 Å². The lowest BCUT2D eigenvalue weighted by molar-refractivity contribution is 0.0576. The molecule has 0 aromatic carbocycles. The maximum atomic E-state index is 12.0. The molecule has 0 radical (unpaired) electrons. The van der Waals surface area contributed by atoms with Gasteiger partial charge in [0, 0.05) is 26.3 Å². The highest BCUT2D eigenvalue weighted by Crippen LogP contribution is 2.14. The molecule has 6 heteroatoms. The van der Waals surface area contributed by atoms with Crippen LogP contribution in [0.1, 0.15) is 10.5 Å². The van der Waals surface area contributed by atoms with Gasteiger partial charge in [0.05, 0.1) is 17.2 Å². The predicted octanol–water partition coefficient (Wildman–Crippen LogP) is 0.0728. The molecule has 5 nitrogen and oxygen atoms in total. The number of aliphatic hydroxyl groups is 1. The summed E-state index contributed by atoms with van der Waals surface area (Å²) in [5.41, 5.74) is 0.437. The Kier molecular flexibility index (Phi) is 3.18. The van der Waals surface area contributed by atoms with Crippen molar-refractivity contribution in [3.63, 3.8) is 0 Å². The molecule has 3 N–H and O–H groups in total. The molecule has 88 valence electrons. The molecule has 0 bridgehead atoms. The zero-order valence-electron chi connectivity index (χ0n) is 8.90. The Morgan fingerprint density at radius 1 is 1.62 bits per heavy atom. The van der Waals surface area contributed by atoms with Crippen molar-refractivity contribution in [2.75, 3.05) is 20.1 Å². The van der Waals surface area contributed by atoms with Crippen LogP contribution in [0.2, 0.25) is 5.02 Å². The minimum atomic E-state index is -0.514. The normalized spacial score (nSPS) is 24.7. The molecule has 1 aromatic rings. The Labute approximate surface area is 98.4 Å². The molecular weight excluding hydrogens is 230 g/mol. The van der Waals surface area contributed by atoms with E-state index in [0.717, 1.165) is 0 Å². The van der Waals surface area contributed by atoms with Gasteiger partial charge in [-0.1, -0.05) is 11.6 Å². The van der Waals surface area contributed by atoms with Gasteiger partial charge in [0.25, 0.3) is 5.91 Å². The second-order valence-electron chi connectivity index (χ2n) is 3.94. The first-order valence-electron chi connectivity index (χ1n) is 5.09. The Balaban J connectivity index is 2.10. The van der Waals surface area contributed by atoms with Gasteiger partial charge in [0.1, 0.15) is 5.69 Å². The highest BCUT2D eigenvalue weighted by Gasteiger charge is 2.31. The number of hydrogen-bond acceptors (Lipinski definition) is 3. The van der Waals surface area contributed by atoms with E-state index < -0.39 is 6.10 Å². The van der Waals surface area contributed by atoms with E-state index in [0.29, 0.717) is 23.8 Å². The van der Waals surface area contributed by atoms with Gasteiger partial charge in [0.15, 0.2) is 0 Å². The zero-order valence-corrected chi connectivity index (χ0v) is 9.66. The van der Waals surface area contributed by atoms with Crippen molar-refractivity contribution in [1.82, 2.24) is 15.2 Å². The first-order chi connectivity index (χ1) is 7.59. The number of halogens is 1. The quantitative estimate of drug-likeness (QED) is 0.689. The van der Waals surface area contributed by atoms with Gasteiger partial charge in [-0.25, -0.2) is 0 Å². The summed E-state index contributed by atoms with van der Waals surface area (Å²) >= 11 is 5.73. The summed E-state index contributed by atoms with van der Waals surface area (Å²) in [5.74, 6) is -0.167. The van der Waals surface area contributed by atoms with Crippen molar-refractivity contribution in [1.29, 1.82) is 0 Å². The number of carbonyl (C=O) groups excluding carboxylic acids is 1. The molecule has 1 fully saturated rings. The third kappa shape index (κ3) is 2.07. The molecule has 0 unspecified atom stereocenters. The van der Waals surface area contributed by atoms with Crippen LogP contribution in [0.5, 0.6) is 0 Å². The number of amides is 1. The van der Waals surface area contributed by atoms with Crippen LogP contribution < -0.4 is 5.32 Å². The van der Waals surface area contributed by atoms with Crippen molar-refractivity contribution in [2.24, 2.45) is 0 Å². The molecule has 16 heavy (non-hydrogen) atoms. The lowest BCUT2D eigenvalue weighted by Crippen LogP contribution is -2.44. The number of β-amino-alcohol motifs (C(OH)–C–C–N with tert-alkyl or cyclic N) is 1. The summed E-state index contributed by atoms with van der Waals surface area (Å²) in [5, 5.41) is 13.2. The SMILES string of the molecule is CN(C(=O)c1cc(Cl)c[nH]1)[C@H]1CNC[C@@H]1O. The first kappa shape index (κ1) is 11.4. The minimum absolute atomic E-state index is 0.167. The molecule has 2 rings (SSSR count). The number of rotatable bonds is 2. The molecule has 1 amide bonds. The zero-order chi connectivity index (χ0) is 11.7. The summed E-state index contributed by atoms with van der Waals surface area (Å²) in [6, 6.07) is 1.39. The lowest BCUT2D eigenvalue weighted by atomic mass is 10.2. The fraction of sp³-hybridized carbons (Fsp3) is 0.500. The van der Waals surface area contributed by atoms with E-state index in [9.17, 15) is 9.90 Å². The van der Waals surface area contributed by atoms with Gasteiger partial charge < -0.3 is 20.3 Å².